The fraction of sp³-hybridized carbons (Fsp3) is 0.538. The Labute approximate surface area is 130 Å². The first kappa shape index (κ1) is 15.5. The Kier molecular flexibility index (Phi) is 5.23. The van der Waals surface area contributed by atoms with Crippen LogP contribution in [0.4, 0.5) is 5.69 Å². The smallest absolute Gasteiger partial charge is 0.311 e. The van der Waals surface area contributed by atoms with Crippen LogP contribution in [0.5, 0.6) is 5.75 Å². The number of nitrogens with zero attached hydrogens (tertiary/aromatic N) is 1. The summed E-state index contributed by atoms with van der Waals surface area (Å²) in [5.74, 6) is 0.192. The fourth-order valence-electron chi connectivity index (χ4n) is 2.00. The number of hydrogen-bond acceptors (Lipinski definition) is 4. The summed E-state index contributed by atoms with van der Waals surface area (Å²) in [6.07, 6.45) is 1.38. The number of ether oxygens (including phenoxy) is 2. The van der Waals surface area contributed by atoms with Crippen LogP contribution in [0.3, 0.4) is 0 Å². The molecule has 2 rings (SSSR count). The van der Waals surface area contributed by atoms with Crippen molar-refractivity contribution in [3.8, 4) is 5.75 Å². The molecule has 0 aliphatic heterocycles. The monoisotopic (exact) mass is 363 g/mol. The molecule has 0 amide bonds. The maximum absolute atomic E-state index is 11.0. The first-order valence-corrected chi connectivity index (χ1v) is 7.68. The van der Waals surface area contributed by atoms with Crippen molar-refractivity contribution < 1.29 is 14.4 Å². The molecular weight excluding hydrogens is 350 g/mol. The standard InChI is InChI=1S/C13H15BrClNO4/c1-2-5-19-13-9(14)7-12(13)20-11-6-8(15)3-4-10(11)16(17)18/h3-4,6,9,12-13H,2,5,7H2,1H3. The molecular formula is C13H15BrClNO4. The fourth-order valence-corrected chi connectivity index (χ4v) is 3.03. The van der Waals surface area contributed by atoms with Gasteiger partial charge >= 0.3 is 5.69 Å². The van der Waals surface area contributed by atoms with Crippen molar-refractivity contribution in [2.45, 2.75) is 36.8 Å². The Morgan fingerprint density at radius 2 is 2.30 bits per heavy atom. The summed E-state index contributed by atoms with van der Waals surface area (Å²) in [6, 6.07) is 4.30. The van der Waals surface area contributed by atoms with Gasteiger partial charge in [0.2, 0.25) is 0 Å². The van der Waals surface area contributed by atoms with Crippen LogP contribution in [0.2, 0.25) is 5.02 Å². The quantitative estimate of drug-likeness (QED) is 0.435. The Bertz CT molecular complexity index is 499. The van der Waals surface area contributed by atoms with Crippen LogP contribution in [0, 0.1) is 10.1 Å². The van der Waals surface area contributed by atoms with E-state index in [9.17, 15) is 10.1 Å². The molecule has 3 atom stereocenters. The van der Waals surface area contributed by atoms with Gasteiger partial charge in [-0.1, -0.05) is 34.5 Å². The van der Waals surface area contributed by atoms with Gasteiger partial charge in [0.1, 0.15) is 12.2 Å². The first-order valence-electron chi connectivity index (χ1n) is 6.39. The Hall–Kier alpha value is -0.850. The van der Waals surface area contributed by atoms with Gasteiger partial charge in [-0.2, -0.15) is 0 Å². The molecule has 1 saturated carbocycles. The molecule has 1 aromatic carbocycles. The summed E-state index contributed by atoms with van der Waals surface area (Å²) in [5.41, 5.74) is -0.0818. The molecule has 1 aliphatic rings. The van der Waals surface area contributed by atoms with Crippen molar-refractivity contribution in [2.75, 3.05) is 6.61 Å². The topological polar surface area (TPSA) is 61.6 Å². The molecule has 0 saturated heterocycles. The number of hydrogen-bond donors (Lipinski definition) is 0. The second-order valence-corrected chi connectivity index (χ2v) is 6.23. The lowest BCUT2D eigenvalue weighted by Crippen LogP contribution is -2.52. The SMILES string of the molecule is CCCOC1C(Br)CC1Oc1cc(Cl)ccc1[N+](=O)[O-]. The molecule has 110 valence electrons. The van der Waals surface area contributed by atoms with E-state index in [4.69, 9.17) is 21.1 Å². The van der Waals surface area contributed by atoms with Crippen molar-refractivity contribution in [1.29, 1.82) is 0 Å². The average molecular weight is 365 g/mol. The summed E-state index contributed by atoms with van der Waals surface area (Å²) in [5, 5.41) is 11.4. The van der Waals surface area contributed by atoms with Gasteiger partial charge in [-0.15, -0.1) is 0 Å². The van der Waals surface area contributed by atoms with Crippen molar-refractivity contribution in [3.05, 3.63) is 33.3 Å². The summed E-state index contributed by atoms with van der Waals surface area (Å²) in [6.45, 7) is 2.67. The van der Waals surface area contributed by atoms with E-state index in [2.05, 4.69) is 15.9 Å². The third kappa shape index (κ3) is 3.42. The highest BCUT2D eigenvalue weighted by molar-refractivity contribution is 9.09. The number of nitro benzene ring substituents is 1. The number of halogens is 2. The largest absolute Gasteiger partial charge is 0.481 e. The zero-order valence-electron chi connectivity index (χ0n) is 10.9. The molecule has 0 bridgehead atoms. The molecule has 0 spiro atoms. The number of alkyl halides is 1. The minimum atomic E-state index is -0.474. The molecule has 0 N–H and O–H groups in total. The minimum absolute atomic E-state index is 0.0818. The predicted molar refractivity (Wildman–Crippen MR) is 79.9 cm³/mol. The molecule has 0 heterocycles. The highest BCUT2D eigenvalue weighted by atomic mass is 79.9. The molecule has 1 aliphatic carbocycles. The van der Waals surface area contributed by atoms with Crippen LogP contribution < -0.4 is 4.74 Å². The van der Waals surface area contributed by atoms with E-state index in [-0.39, 0.29) is 28.5 Å². The molecule has 1 aromatic rings. The van der Waals surface area contributed by atoms with E-state index in [1.54, 1.807) is 0 Å². The van der Waals surface area contributed by atoms with Gasteiger partial charge < -0.3 is 9.47 Å². The maximum Gasteiger partial charge on any atom is 0.311 e. The molecule has 0 aromatic heterocycles. The molecule has 5 nitrogen and oxygen atoms in total. The third-order valence-corrected chi connectivity index (χ3v) is 4.22. The number of rotatable bonds is 6. The Morgan fingerprint density at radius 1 is 1.55 bits per heavy atom. The van der Waals surface area contributed by atoms with E-state index < -0.39 is 4.92 Å². The van der Waals surface area contributed by atoms with Gasteiger partial charge in [0.15, 0.2) is 5.75 Å². The summed E-state index contributed by atoms with van der Waals surface area (Å²) >= 11 is 9.38. The summed E-state index contributed by atoms with van der Waals surface area (Å²) in [4.78, 5) is 10.7. The zero-order chi connectivity index (χ0) is 14.7. The van der Waals surface area contributed by atoms with E-state index in [1.165, 1.54) is 18.2 Å². The van der Waals surface area contributed by atoms with Gasteiger partial charge in [0.25, 0.3) is 0 Å². The van der Waals surface area contributed by atoms with Crippen LogP contribution in [0.1, 0.15) is 19.8 Å². The van der Waals surface area contributed by atoms with Crippen LogP contribution in [-0.4, -0.2) is 28.6 Å². The number of nitro groups is 1. The molecule has 1 fully saturated rings. The highest BCUT2D eigenvalue weighted by Gasteiger charge is 2.43. The third-order valence-electron chi connectivity index (χ3n) is 3.09. The van der Waals surface area contributed by atoms with Crippen molar-refractivity contribution in [3.63, 3.8) is 0 Å². The van der Waals surface area contributed by atoms with Crippen LogP contribution in [-0.2, 0) is 4.74 Å². The van der Waals surface area contributed by atoms with Crippen molar-refractivity contribution in [2.24, 2.45) is 0 Å². The van der Waals surface area contributed by atoms with Crippen molar-refractivity contribution >= 4 is 33.2 Å². The van der Waals surface area contributed by atoms with Gasteiger partial charge in [0, 0.05) is 35.0 Å². The summed E-state index contributed by atoms with van der Waals surface area (Å²) < 4.78 is 11.4. The molecule has 20 heavy (non-hydrogen) atoms. The van der Waals surface area contributed by atoms with Gasteiger partial charge in [-0.3, -0.25) is 10.1 Å². The average Bonchev–Trinajstić information content (AvgIpc) is 2.38. The molecule has 7 heteroatoms. The number of benzene rings is 1. The second kappa shape index (κ2) is 6.74. The van der Waals surface area contributed by atoms with E-state index >= 15 is 0 Å². The van der Waals surface area contributed by atoms with Crippen LogP contribution in [0.15, 0.2) is 18.2 Å². The Morgan fingerprint density at radius 3 is 2.90 bits per heavy atom. The second-order valence-electron chi connectivity index (χ2n) is 4.61. The Balaban J connectivity index is 2.09. The van der Waals surface area contributed by atoms with E-state index in [0.717, 1.165) is 12.8 Å². The molecule has 3 unspecified atom stereocenters. The summed E-state index contributed by atoms with van der Waals surface area (Å²) in [7, 11) is 0. The molecule has 0 radical (unpaired) electrons. The van der Waals surface area contributed by atoms with Gasteiger partial charge in [-0.05, 0) is 12.5 Å². The lowest BCUT2D eigenvalue weighted by Gasteiger charge is -2.40. The van der Waals surface area contributed by atoms with E-state index in [0.29, 0.717) is 11.6 Å². The normalized spacial score (nSPS) is 25.1. The minimum Gasteiger partial charge on any atom is -0.481 e. The maximum atomic E-state index is 11.0. The first-order chi connectivity index (χ1) is 9.52. The van der Waals surface area contributed by atoms with Gasteiger partial charge in [0.05, 0.1) is 4.92 Å². The lowest BCUT2D eigenvalue weighted by molar-refractivity contribution is -0.386. The lowest BCUT2D eigenvalue weighted by atomic mass is 9.91. The zero-order valence-corrected chi connectivity index (χ0v) is 13.3. The van der Waals surface area contributed by atoms with E-state index in [1.807, 2.05) is 6.92 Å². The van der Waals surface area contributed by atoms with Crippen molar-refractivity contribution in [1.82, 2.24) is 0 Å². The predicted octanol–water partition coefficient (Wildman–Crippen LogP) is 3.96. The highest BCUT2D eigenvalue weighted by Crippen LogP contribution is 2.38. The van der Waals surface area contributed by atoms with Crippen LogP contribution >= 0.6 is 27.5 Å². The van der Waals surface area contributed by atoms with Gasteiger partial charge in [-0.25, -0.2) is 0 Å². The van der Waals surface area contributed by atoms with Crippen LogP contribution in [0.25, 0.3) is 0 Å².